The predicted molar refractivity (Wildman–Crippen MR) is 88.3 cm³/mol. The van der Waals surface area contributed by atoms with Crippen molar-refractivity contribution >= 4 is 17.5 Å². The number of carbonyl (C=O) groups is 2. The largest absolute Gasteiger partial charge is 0.341 e. The van der Waals surface area contributed by atoms with E-state index in [-0.39, 0.29) is 23.8 Å². The minimum absolute atomic E-state index is 0.169. The number of amides is 2. The van der Waals surface area contributed by atoms with Crippen LogP contribution in [-0.4, -0.2) is 59.8 Å². The number of hydrogen-bond acceptors (Lipinski definition) is 5. The van der Waals surface area contributed by atoms with Crippen molar-refractivity contribution in [3.8, 4) is 0 Å². The summed E-state index contributed by atoms with van der Waals surface area (Å²) in [4.78, 5) is 38.2. The number of likely N-dealkylation sites (N-methyl/N-ethyl adjacent to an activating group) is 1. The van der Waals surface area contributed by atoms with Gasteiger partial charge in [0.1, 0.15) is 6.04 Å². The van der Waals surface area contributed by atoms with Crippen molar-refractivity contribution in [3.05, 3.63) is 39.7 Å². The maximum Gasteiger partial charge on any atom is 0.304 e. The molecule has 1 heterocycles. The van der Waals surface area contributed by atoms with Crippen molar-refractivity contribution in [2.75, 3.05) is 33.2 Å². The van der Waals surface area contributed by atoms with Crippen LogP contribution >= 0.6 is 0 Å². The third kappa shape index (κ3) is 4.50. The zero-order valence-electron chi connectivity index (χ0n) is 14.2. The number of nitrogens with one attached hydrogen (secondary N) is 1. The Morgan fingerprint density at radius 3 is 2.48 bits per heavy atom. The Labute approximate surface area is 144 Å². The van der Waals surface area contributed by atoms with E-state index in [4.69, 9.17) is 0 Å². The third-order valence-electron chi connectivity index (χ3n) is 4.19. The molecule has 1 N–H and O–H groups in total. The highest BCUT2D eigenvalue weighted by Gasteiger charge is 2.30. The maximum absolute atomic E-state index is 14.0. The van der Waals surface area contributed by atoms with Gasteiger partial charge >= 0.3 is 5.69 Å². The molecule has 0 aliphatic carbocycles. The second-order valence-electron chi connectivity index (χ2n) is 5.95. The Bertz CT molecular complexity index is 674. The van der Waals surface area contributed by atoms with Gasteiger partial charge in [-0.05, 0) is 24.7 Å². The van der Waals surface area contributed by atoms with Crippen molar-refractivity contribution in [2.45, 2.75) is 19.4 Å². The summed E-state index contributed by atoms with van der Waals surface area (Å²) in [5, 5.41) is 13.3. The molecule has 0 bridgehead atoms. The van der Waals surface area contributed by atoms with E-state index in [0.29, 0.717) is 26.2 Å². The van der Waals surface area contributed by atoms with Crippen LogP contribution in [0.25, 0.3) is 0 Å². The van der Waals surface area contributed by atoms with Crippen LogP contribution < -0.4 is 5.32 Å². The summed E-state index contributed by atoms with van der Waals surface area (Å²) in [6.07, 6.45) is 0.169. The van der Waals surface area contributed by atoms with Crippen molar-refractivity contribution in [1.82, 2.24) is 15.1 Å². The van der Waals surface area contributed by atoms with E-state index in [1.54, 1.807) is 11.8 Å². The van der Waals surface area contributed by atoms with Crippen LogP contribution in [0.2, 0.25) is 0 Å². The summed E-state index contributed by atoms with van der Waals surface area (Å²) in [5.74, 6) is -1.74. The number of halogens is 1. The topological polar surface area (TPSA) is 95.8 Å². The number of rotatable bonds is 5. The van der Waals surface area contributed by atoms with Gasteiger partial charge in [-0.1, -0.05) is 6.92 Å². The maximum atomic E-state index is 14.0. The van der Waals surface area contributed by atoms with Crippen LogP contribution in [0.1, 0.15) is 24.9 Å². The van der Waals surface area contributed by atoms with E-state index in [9.17, 15) is 24.1 Å². The molecule has 1 atom stereocenters. The Morgan fingerprint density at radius 1 is 1.32 bits per heavy atom. The average molecular weight is 352 g/mol. The molecule has 2 amide bonds. The molecule has 0 aromatic heterocycles. The van der Waals surface area contributed by atoms with Crippen molar-refractivity contribution in [3.63, 3.8) is 0 Å². The lowest BCUT2D eigenvalue weighted by atomic mass is 10.0. The number of hydrogen-bond donors (Lipinski definition) is 1. The van der Waals surface area contributed by atoms with Gasteiger partial charge in [0, 0.05) is 38.7 Å². The van der Waals surface area contributed by atoms with Gasteiger partial charge in [-0.25, -0.2) is 0 Å². The van der Waals surface area contributed by atoms with Gasteiger partial charge in [0.25, 0.3) is 0 Å². The summed E-state index contributed by atoms with van der Waals surface area (Å²) >= 11 is 0. The predicted octanol–water partition coefficient (Wildman–Crippen LogP) is 1.08. The van der Waals surface area contributed by atoms with Crippen LogP contribution in [0, 0.1) is 15.9 Å². The third-order valence-corrected chi connectivity index (χ3v) is 4.19. The summed E-state index contributed by atoms with van der Waals surface area (Å²) in [5.41, 5.74) is -0.481. The number of benzene rings is 1. The fraction of sp³-hybridized carbons (Fsp3) is 0.500. The number of nitro benzene ring substituents is 1. The molecule has 0 radical (unpaired) electrons. The smallest absolute Gasteiger partial charge is 0.304 e. The summed E-state index contributed by atoms with van der Waals surface area (Å²) in [6.45, 7) is 4.05. The Hall–Kier alpha value is -2.55. The Kier molecular flexibility index (Phi) is 6.02. The molecule has 1 unspecified atom stereocenters. The molecular formula is C16H21FN4O4. The number of carbonyl (C=O) groups excluding carboxylic acids is 2. The summed E-state index contributed by atoms with van der Waals surface area (Å²) in [6, 6.07) is 2.18. The summed E-state index contributed by atoms with van der Waals surface area (Å²) < 4.78 is 14.0. The van der Waals surface area contributed by atoms with E-state index in [2.05, 4.69) is 10.2 Å². The molecule has 25 heavy (non-hydrogen) atoms. The molecule has 1 aromatic carbocycles. The zero-order chi connectivity index (χ0) is 18.6. The standard InChI is InChI=1S/C16H21FN4O4/c1-3-14(22)18-15(16(23)20-8-6-19(2)7-9-20)11-4-5-13(21(24)25)12(17)10-11/h4-5,10,15H,3,6-9H2,1-2H3,(H,18,22). The molecule has 1 fully saturated rings. The first kappa shape index (κ1) is 18.8. The highest BCUT2D eigenvalue weighted by atomic mass is 19.1. The van der Waals surface area contributed by atoms with E-state index in [0.717, 1.165) is 12.1 Å². The molecular weight excluding hydrogens is 331 g/mol. The van der Waals surface area contributed by atoms with Gasteiger partial charge in [-0.2, -0.15) is 4.39 Å². The minimum Gasteiger partial charge on any atom is -0.341 e. The fourth-order valence-electron chi connectivity index (χ4n) is 2.61. The molecule has 0 saturated carbocycles. The Balaban J connectivity index is 2.29. The van der Waals surface area contributed by atoms with Crippen molar-refractivity contribution in [2.24, 2.45) is 0 Å². The molecule has 0 spiro atoms. The lowest BCUT2D eigenvalue weighted by molar-refractivity contribution is -0.387. The summed E-state index contributed by atoms with van der Waals surface area (Å²) in [7, 11) is 1.95. The average Bonchev–Trinajstić information content (AvgIpc) is 2.59. The van der Waals surface area contributed by atoms with Crippen molar-refractivity contribution < 1.29 is 18.9 Å². The van der Waals surface area contributed by atoms with E-state index >= 15 is 0 Å². The quantitative estimate of drug-likeness (QED) is 0.632. The molecule has 1 aliphatic rings. The molecule has 1 saturated heterocycles. The second-order valence-corrected chi connectivity index (χ2v) is 5.95. The highest BCUT2D eigenvalue weighted by molar-refractivity contribution is 5.88. The van der Waals surface area contributed by atoms with E-state index in [1.165, 1.54) is 6.07 Å². The van der Waals surface area contributed by atoms with Gasteiger partial charge in [0.05, 0.1) is 4.92 Å². The second kappa shape index (κ2) is 8.02. The lowest BCUT2D eigenvalue weighted by Crippen LogP contribution is -2.51. The molecule has 1 aliphatic heterocycles. The van der Waals surface area contributed by atoms with Gasteiger partial charge in [0.15, 0.2) is 0 Å². The highest BCUT2D eigenvalue weighted by Crippen LogP contribution is 2.24. The van der Waals surface area contributed by atoms with Crippen molar-refractivity contribution in [1.29, 1.82) is 0 Å². The van der Waals surface area contributed by atoms with Gasteiger partial charge in [-0.15, -0.1) is 0 Å². The first-order valence-corrected chi connectivity index (χ1v) is 8.04. The van der Waals surface area contributed by atoms with E-state index in [1.807, 2.05) is 7.05 Å². The van der Waals surface area contributed by atoms with E-state index < -0.39 is 22.5 Å². The minimum atomic E-state index is -1.06. The molecule has 2 rings (SSSR count). The zero-order valence-corrected chi connectivity index (χ0v) is 14.2. The van der Waals surface area contributed by atoms with Crippen LogP contribution in [-0.2, 0) is 9.59 Å². The molecule has 1 aromatic rings. The van der Waals surface area contributed by atoms with Gasteiger partial charge in [-0.3, -0.25) is 19.7 Å². The first-order chi connectivity index (χ1) is 11.8. The van der Waals surface area contributed by atoms with Gasteiger partial charge in [0.2, 0.25) is 17.6 Å². The molecule has 8 nitrogen and oxygen atoms in total. The number of nitro groups is 1. The van der Waals surface area contributed by atoms with Crippen LogP contribution in [0.5, 0.6) is 0 Å². The fourth-order valence-corrected chi connectivity index (χ4v) is 2.61. The molecule has 9 heteroatoms. The van der Waals surface area contributed by atoms with Crippen LogP contribution in [0.3, 0.4) is 0 Å². The normalized spacial score (nSPS) is 16.4. The van der Waals surface area contributed by atoms with Gasteiger partial charge < -0.3 is 15.1 Å². The number of piperazine rings is 1. The monoisotopic (exact) mass is 352 g/mol. The Morgan fingerprint density at radius 2 is 1.96 bits per heavy atom. The number of nitrogens with zero attached hydrogens (tertiary/aromatic N) is 3. The van der Waals surface area contributed by atoms with Crippen LogP contribution in [0.4, 0.5) is 10.1 Å². The first-order valence-electron chi connectivity index (χ1n) is 8.04. The lowest BCUT2D eigenvalue weighted by Gasteiger charge is -2.34. The molecule has 136 valence electrons. The SMILES string of the molecule is CCC(=O)NC(C(=O)N1CCN(C)CC1)c1ccc([N+](=O)[O-])c(F)c1. The van der Waals surface area contributed by atoms with Crippen LogP contribution in [0.15, 0.2) is 18.2 Å².